The van der Waals surface area contributed by atoms with E-state index in [0.29, 0.717) is 11.4 Å². The molecule has 0 bridgehead atoms. The Morgan fingerprint density at radius 1 is 1.06 bits per heavy atom. The van der Waals surface area contributed by atoms with Crippen LogP contribution in [0.5, 0.6) is 0 Å². The molecular weight excluding hydrogens is 446 g/mol. The van der Waals surface area contributed by atoms with Gasteiger partial charge in [-0.05, 0) is 61.1 Å². The average molecular weight is 472 g/mol. The zero-order valence-corrected chi connectivity index (χ0v) is 19.5. The van der Waals surface area contributed by atoms with Crippen LogP contribution in [0.3, 0.4) is 0 Å². The van der Waals surface area contributed by atoms with Crippen LogP contribution in [-0.4, -0.2) is 17.1 Å². The Balaban J connectivity index is 1.45. The number of carbonyl (C=O) groups is 1. The molecule has 0 aliphatic heterocycles. The third-order valence-electron chi connectivity index (χ3n) is 8.00. The second kappa shape index (κ2) is 8.21. The van der Waals surface area contributed by atoms with Crippen molar-refractivity contribution in [3.63, 3.8) is 0 Å². The smallest absolute Gasteiger partial charge is 0.308 e. The van der Waals surface area contributed by atoms with Crippen molar-refractivity contribution < 1.29 is 14.3 Å². The first-order valence-electron chi connectivity index (χ1n) is 11.8. The number of anilines is 1. The molecule has 6 rings (SSSR count). The van der Waals surface area contributed by atoms with Gasteiger partial charge in [0.1, 0.15) is 5.58 Å². The van der Waals surface area contributed by atoms with Crippen molar-refractivity contribution in [1.29, 1.82) is 0 Å². The van der Waals surface area contributed by atoms with Crippen LogP contribution in [-0.2, 0) is 16.6 Å². The van der Waals surface area contributed by atoms with E-state index in [0.717, 1.165) is 35.9 Å². The van der Waals surface area contributed by atoms with Crippen molar-refractivity contribution in [2.45, 2.75) is 43.1 Å². The molecule has 1 aromatic heterocycles. The van der Waals surface area contributed by atoms with Gasteiger partial charge < -0.3 is 14.8 Å². The summed E-state index contributed by atoms with van der Waals surface area (Å²) in [6.45, 7) is 0. The van der Waals surface area contributed by atoms with E-state index in [1.54, 1.807) is 0 Å². The number of nitrogens with one attached hydrogen (secondary N) is 1. The minimum atomic E-state index is -0.744. The van der Waals surface area contributed by atoms with Gasteiger partial charge in [0.05, 0.1) is 12.2 Å². The first-order valence-corrected chi connectivity index (χ1v) is 12.2. The normalized spacial score (nSPS) is 26.0. The fraction of sp³-hybridized carbons (Fsp3) is 0.276. The second-order valence-electron chi connectivity index (χ2n) is 9.71. The number of fused-ring (bicyclic) bond motifs is 3. The van der Waals surface area contributed by atoms with Gasteiger partial charge in [0.15, 0.2) is 0 Å². The van der Waals surface area contributed by atoms with Gasteiger partial charge in [-0.15, -0.1) is 0 Å². The largest absolute Gasteiger partial charge is 0.481 e. The lowest BCUT2D eigenvalue weighted by molar-refractivity contribution is -0.143. The van der Waals surface area contributed by atoms with E-state index >= 15 is 0 Å². The number of benzene rings is 3. The van der Waals surface area contributed by atoms with Gasteiger partial charge >= 0.3 is 5.97 Å². The van der Waals surface area contributed by atoms with Crippen LogP contribution in [0.25, 0.3) is 11.0 Å². The van der Waals surface area contributed by atoms with Crippen LogP contribution in [0.2, 0.25) is 5.02 Å². The van der Waals surface area contributed by atoms with Crippen molar-refractivity contribution in [1.82, 2.24) is 0 Å². The molecule has 2 aliphatic carbocycles. The summed E-state index contributed by atoms with van der Waals surface area (Å²) in [5.41, 5.74) is 5.53. The van der Waals surface area contributed by atoms with Crippen molar-refractivity contribution in [3.8, 4) is 0 Å². The zero-order valence-electron chi connectivity index (χ0n) is 18.7. The molecule has 3 aromatic carbocycles. The zero-order chi connectivity index (χ0) is 23.3. The quantitative estimate of drug-likeness (QED) is 0.335. The Morgan fingerprint density at radius 2 is 1.88 bits per heavy atom. The van der Waals surface area contributed by atoms with Gasteiger partial charge in [0, 0.05) is 39.0 Å². The minimum Gasteiger partial charge on any atom is -0.481 e. The minimum absolute atomic E-state index is 0.161. The van der Waals surface area contributed by atoms with Crippen LogP contribution in [0.4, 0.5) is 5.69 Å². The predicted octanol–water partition coefficient (Wildman–Crippen LogP) is 7.03. The van der Waals surface area contributed by atoms with Gasteiger partial charge in [-0.3, -0.25) is 4.79 Å². The lowest BCUT2D eigenvalue weighted by Gasteiger charge is -2.46. The summed E-state index contributed by atoms with van der Waals surface area (Å²) in [7, 11) is 0. The Bertz CT molecular complexity index is 1380. The highest BCUT2D eigenvalue weighted by Crippen LogP contribution is 2.58. The molecule has 2 N–H and O–H groups in total. The van der Waals surface area contributed by atoms with Crippen LogP contribution < -0.4 is 5.32 Å². The number of hydrogen-bond donors (Lipinski definition) is 2. The van der Waals surface area contributed by atoms with Crippen LogP contribution >= 0.6 is 11.6 Å². The molecule has 34 heavy (non-hydrogen) atoms. The fourth-order valence-electron chi connectivity index (χ4n) is 6.51. The van der Waals surface area contributed by atoms with Gasteiger partial charge in [0.2, 0.25) is 0 Å². The number of para-hydroxylation sites is 1. The van der Waals surface area contributed by atoms with E-state index < -0.39 is 11.9 Å². The molecule has 4 aromatic rings. The summed E-state index contributed by atoms with van der Waals surface area (Å²) in [5, 5.41) is 15.4. The Hall–Kier alpha value is -3.24. The molecule has 0 radical (unpaired) electrons. The number of rotatable bonds is 4. The molecular formula is C29H26ClNO3. The molecule has 5 heteroatoms. The van der Waals surface area contributed by atoms with Gasteiger partial charge in [0.25, 0.3) is 0 Å². The van der Waals surface area contributed by atoms with E-state index in [-0.39, 0.29) is 17.4 Å². The molecule has 1 heterocycles. The number of carboxylic acid groups (broad SMARTS) is 1. The second-order valence-corrected chi connectivity index (χ2v) is 10.1. The predicted molar refractivity (Wildman–Crippen MR) is 135 cm³/mol. The van der Waals surface area contributed by atoms with Crippen LogP contribution in [0.1, 0.15) is 41.9 Å². The molecule has 1 fully saturated rings. The maximum atomic E-state index is 12.3. The third-order valence-corrected chi connectivity index (χ3v) is 8.23. The average Bonchev–Trinajstić information content (AvgIpc) is 3.38. The van der Waals surface area contributed by atoms with E-state index in [9.17, 15) is 9.90 Å². The molecule has 172 valence electrons. The van der Waals surface area contributed by atoms with E-state index in [1.807, 2.05) is 42.7 Å². The maximum Gasteiger partial charge on any atom is 0.308 e. The van der Waals surface area contributed by atoms with Crippen molar-refractivity contribution in [2.24, 2.45) is 5.92 Å². The molecule has 2 unspecified atom stereocenters. The lowest BCUT2D eigenvalue weighted by Crippen LogP contribution is -2.47. The van der Waals surface area contributed by atoms with Crippen LogP contribution in [0.15, 0.2) is 83.5 Å². The first-order chi connectivity index (χ1) is 16.5. The summed E-state index contributed by atoms with van der Waals surface area (Å²) in [6, 6.07) is 24.2. The summed E-state index contributed by atoms with van der Waals surface area (Å²) >= 11 is 6.23. The van der Waals surface area contributed by atoms with Gasteiger partial charge in [-0.25, -0.2) is 0 Å². The van der Waals surface area contributed by atoms with Crippen LogP contribution in [0, 0.1) is 5.92 Å². The molecule has 1 saturated carbocycles. The SMILES string of the molecule is O=C(O)[C@H]1CC[C@]2(CC1Nc1cccc(Cl)c1)c1ccccc1CC2c1coc2ccccc12. The fourth-order valence-corrected chi connectivity index (χ4v) is 6.70. The van der Waals surface area contributed by atoms with Crippen molar-refractivity contribution in [2.75, 3.05) is 5.32 Å². The highest BCUT2D eigenvalue weighted by Gasteiger charge is 2.53. The monoisotopic (exact) mass is 471 g/mol. The lowest BCUT2D eigenvalue weighted by atomic mass is 9.60. The summed E-state index contributed by atoms with van der Waals surface area (Å²) in [4.78, 5) is 12.3. The van der Waals surface area contributed by atoms with Gasteiger partial charge in [-0.1, -0.05) is 60.1 Å². The molecule has 0 amide bonds. The number of hydrogen-bond acceptors (Lipinski definition) is 3. The number of aliphatic carboxylic acids is 1. The Labute approximate surface area is 203 Å². The summed E-state index contributed by atoms with van der Waals surface area (Å²) in [6.07, 6.45) is 5.04. The van der Waals surface area contributed by atoms with E-state index in [4.69, 9.17) is 16.0 Å². The Kier molecular flexibility index (Phi) is 5.14. The first kappa shape index (κ1) is 21.3. The summed E-state index contributed by atoms with van der Waals surface area (Å²) < 4.78 is 5.96. The standard InChI is InChI=1S/C29H26ClNO3/c30-19-7-5-8-20(15-19)31-26-16-29(13-12-22(26)28(32)33)24-10-3-1-6-18(24)14-25(29)23-17-34-27-11-4-2-9-21(23)27/h1-11,15,17,22,25-26,31H,12-14,16H2,(H,32,33)/t22-,25?,26?,29-/m0/s1. The van der Waals surface area contributed by atoms with E-state index in [1.165, 1.54) is 16.7 Å². The number of carboxylic acids is 1. The number of halogens is 1. The summed E-state index contributed by atoms with van der Waals surface area (Å²) in [5.74, 6) is -0.975. The molecule has 2 aliphatic rings. The molecule has 1 spiro atoms. The molecule has 4 atom stereocenters. The van der Waals surface area contributed by atoms with Crippen molar-refractivity contribution >= 4 is 34.2 Å². The van der Waals surface area contributed by atoms with Gasteiger partial charge in [-0.2, -0.15) is 0 Å². The third kappa shape index (κ3) is 3.40. The molecule has 0 saturated heterocycles. The van der Waals surface area contributed by atoms with Crippen molar-refractivity contribution in [3.05, 3.63) is 101 Å². The maximum absolute atomic E-state index is 12.3. The molecule has 4 nitrogen and oxygen atoms in total. The Morgan fingerprint density at radius 3 is 2.74 bits per heavy atom. The number of furan rings is 1. The topological polar surface area (TPSA) is 62.5 Å². The highest BCUT2D eigenvalue weighted by molar-refractivity contribution is 6.30. The highest BCUT2D eigenvalue weighted by atomic mass is 35.5. The van der Waals surface area contributed by atoms with E-state index in [2.05, 4.69) is 41.7 Å².